The highest BCUT2D eigenvalue weighted by Crippen LogP contribution is 2.23. The number of sulfonamides is 1. The third kappa shape index (κ3) is 5.30. The minimum atomic E-state index is -3.75. The Bertz CT molecular complexity index is 1290. The lowest BCUT2D eigenvalue weighted by Gasteiger charge is -2.11. The van der Waals surface area contributed by atoms with E-state index >= 15 is 0 Å². The predicted molar refractivity (Wildman–Crippen MR) is 126 cm³/mol. The molecule has 0 aliphatic rings. The second-order valence-corrected chi connectivity index (χ2v) is 8.58. The van der Waals surface area contributed by atoms with Crippen LogP contribution in [-0.4, -0.2) is 19.4 Å². The summed E-state index contributed by atoms with van der Waals surface area (Å²) in [5.74, 6) is 0. The highest BCUT2D eigenvalue weighted by Gasteiger charge is 2.14. The fourth-order valence-electron chi connectivity index (χ4n) is 3.02. The predicted octanol–water partition coefficient (Wildman–Crippen LogP) is 5.19. The first-order valence-corrected chi connectivity index (χ1v) is 11.2. The lowest BCUT2D eigenvalue weighted by atomic mass is 10.1. The number of nitrogens with one attached hydrogen (secondary N) is 3. The summed E-state index contributed by atoms with van der Waals surface area (Å²) in [7, 11) is -3.75. The average molecular weight is 445 g/mol. The van der Waals surface area contributed by atoms with Crippen LogP contribution >= 0.6 is 0 Å². The number of rotatable bonds is 6. The quantitative estimate of drug-likeness (QED) is 0.381. The van der Waals surface area contributed by atoms with Gasteiger partial charge in [0.15, 0.2) is 0 Å². The Balaban J connectivity index is 1.39. The molecule has 0 fully saturated rings. The Morgan fingerprint density at radius 2 is 1.28 bits per heavy atom. The van der Waals surface area contributed by atoms with Crippen molar-refractivity contribution < 1.29 is 13.2 Å². The van der Waals surface area contributed by atoms with Gasteiger partial charge in [0.05, 0.1) is 16.8 Å². The number of urea groups is 1. The first-order valence-electron chi connectivity index (χ1n) is 9.76. The van der Waals surface area contributed by atoms with Gasteiger partial charge in [0, 0.05) is 17.6 Å². The molecule has 0 unspecified atom stereocenters. The lowest BCUT2D eigenvalue weighted by molar-refractivity contribution is 0.262. The van der Waals surface area contributed by atoms with Gasteiger partial charge in [0.25, 0.3) is 10.0 Å². The Kier molecular flexibility index (Phi) is 6.14. The fraction of sp³-hybridized carbons (Fsp3) is 0. The molecule has 0 atom stereocenters. The average Bonchev–Trinajstić information content (AvgIpc) is 2.81. The monoisotopic (exact) mass is 444 g/mol. The van der Waals surface area contributed by atoms with Crippen molar-refractivity contribution in [3.05, 3.63) is 103 Å². The van der Waals surface area contributed by atoms with Crippen molar-refractivity contribution in [1.82, 2.24) is 4.98 Å². The number of benzene rings is 3. The van der Waals surface area contributed by atoms with E-state index in [-0.39, 0.29) is 4.90 Å². The standard InChI is InChI=1S/C24H20N4O3S/c29-24(27-22-7-4-16-25-17-22)26-20-10-12-21(13-11-20)28-32(30,31)23-14-8-19(9-15-23)18-5-2-1-3-6-18/h1-17,28H,(H2,26,27,29). The van der Waals surface area contributed by atoms with Crippen LogP contribution in [0.15, 0.2) is 108 Å². The highest BCUT2D eigenvalue weighted by molar-refractivity contribution is 7.92. The molecule has 4 rings (SSSR count). The normalized spacial score (nSPS) is 10.9. The van der Waals surface area contributed by atoms with Gasteiger partial charge in [-0.25, -0.2) is 13.2 Å². The topological polar surface area (TPSA) is 100 Å². The third-order valence-corrected chi connectivity index (χ3v) is 5.98. The molecule has 3 N–H and O–H groups in total. The number of carbonyl (C=O) groups excluding carboxylic acids is 1. The van der Waals surface area contributed by atoms with Gasteiger partial charge in [-0.2, -0.15) is 0 Å². The molecule has 7 nitrogen and oxygen atoms in total. The molecule has 0 aliphatic heterocycles. The maximum Gasteiger partial charge on any atom is 0.323 e. The number of hydrogen-bond donors (Lipinski definition) is 3. The van der Waals surface area contributed by atoms with Gasteiger partial charge in [-0.1, -0.05) is 42.5 Å². The molecular formula is C24H20N4O3S. The molecule has 1 heterocycles. The summed E-state index contributed by atoms with van der Waals surface area (Å²) in [6, 6.07) is 25.8. The molecule has 0 saturated heterocycles. The van der Waals surface area contributed by atoms with Crippen molar-refractivity contribution in [2.45, 2.75) is 4.90 Å². The Hall–Kier alpha value is -4.17. The van der Waals surface area contributed by atoms with Crippen molar-refractivity contribution >= 4 is 33.1 Å². The summed E-state index contributed by atoms with van der Waals surface area (Å²) in [5.41, 5.74) is 3.41. The molecule has 8 heteroatoms. The van der Waals surface area contributed by atoms with Crippen molar-refractivity contribution in [1.29, 1.82) is 0 Å². The van der Waals surface area contributed by atoms with Gasteiger partial charge in [-0.05, 0) is 59.7 Å². The number of anilines is 3. The van der Waals surface area contributed by atoms with Gasteiger partial charge in [0.2, 0.25) is 0 Å². The minimum absolute atomic E-state index is 0.162. The summed E-state index contributed by atoms with van der Waals surface area (Å²) in [4.78, 5) is 16.1. The SMILES string of the molecule is O=C(Nc1ccc(NS(=O)(=O)c2ccc(-c3ccccc3)cc2)cc1)Nc1cccnc1. The van der Waals surface area contributed by atoms with Gasteiger partial charge in [0.1, 0.15) is 0 Å². The van der Waals surface area contributed by atoms with Crippen molar-refractivity contribution in [3.63, 3.8) is 0 Å². The smallest absolute Gasteiger partial charge is 0.308 e. The van der Waals surface area contributed by atoms with Crippen LogP contribution in [0.1, 0.15) is 0 Å². The van der Waals surface area contributed by atoms with Crippen LogP contribution in [0.5, 0.6) is 0 Å². The molecular weight excluding hydrogens is 424 g/mol. The van der Waals surface area contributed by atoms with Crippen LogP contribution in [0.4, 0.5) is 21.9 Å². The molecule has 32 heavy (non-hydrogen) atoms. The largest absolute Gasteiger partial charge is 0.323 e. The number of nitrogens with zero attached hydrogens (tertiary/aromatic N) is 1. The first kappa shape index (κ1) is 21.1. The maximum absolute atomic E-state index is 12.7. The second-order valence-electron chi connectivity index (χ2n) is 6.89. The van der Waals surface area contributed by atoms with Gasteiger partial charge in [-0.3, -0.25) is 9.71 Å². The van der Waals surface area contributed by atoms with E-state index in [1.807, 2.05) is 30.3 Å². The van der Waals surface area contributed by atoms with Gasteiger partial charge >= 0.3 is 6.03 Å². The summed E-state index contributed by atoms with van der Waals surface area (Å²) in [6.07, 6.45) is 3.14. The summed E-state index contributed by atoms with van der Waals surface area (Å²) in [5, 5.41) is 5.34. The summed E-state index contributed by atoms with van der Waals surface area (Å²) >= 11 is 0. The number of amides is 2. The second kappa shape index (κ2) is 9.32. The van der Waals surface area contributed by atoms with Crippen LogP contribution in [-0.2, 0) is 10.0 Å². The van der Waals surface area contributed by atoms with E-state index in [2.05, 4.69) is 20.3 Å². The zero-order valence-electron chi connectivity index (χ0n) is 16.9. The lowest BCUT2D eigenvalue weighted by Crippen LogP contribution is -2.19. The zero-order chi connectivity index (χ0) is 22.4. The third-order valence-electron chi connectivity index (χ3n) is 4.59. The molecule has 0 radical (unpaired) electrons. The molecule has 2 amide bonds. The minimum Gasteiger partial charge on any atom is -0.308 e. The Labute approximate surface area is 186 Å². The van der Waals surface area contributed by atoms with Crippen LogP contribution in [0.3, 0.4) is 0 Å². The molecule has 0 aliphatic carbocycles. The summed E-state index contributed by atoms with van der Waals surface area (Å²) in [6.45, 7) is 0. The fourth-order valence-corrected chi connectivity index (χ4v) is 4.08. The molecule has 0 spiro atoms. The molecule has 4 aromatic rings. The summed E-state index contributed by atoms with van der Waals surface area (Å²) < 4.78 is 28.0. The molecule has 160 valence electrons. The van der Waals surface area contributed by atoms with Crippen molar-refractivity contribution in [3.8, 4) is 11.1 Å². The number of pyridine rings is 1. The molecule has 0 saturated carbocycles. The molecule has 0 bridgehead atoms. The van der Waals surface area contributed by atoms with E-state index in [0.29, 0.717) is 17.1 Å². The number of hydrogen-bond acceptors (Lipinski definition) is 4. The van der Waals surface area contributed by atoms with E-state index in [4.69, 9.17) is 0 Å². The highest BCUT2D eigenvalue weighted by atomic mass is 32.2. The van der Waals surface area contributed by atoms with E-state index in [1.165, 1.54) is 6.20 Å². The van der Waals surface area contributed by atoms with Gasteiger partial charge in [-0.15, -0.1) is 0 Å². The Morgan fingerprint density at radius 3 is 1.94 bits per heavy atom. The molecule has 1 aromatic heterocycles. The Morgan fingerprint density at radius 1 is 0.656 bits per heavy atom. The van der Waals surface area contributed by atoms with Crippen LogP contribution in [0.25, 0.3) is 11.1 Å². The van der Waals surface area contributed by atoms with Gasteiger partial charge < -0.3 is 10.6 Å². The van der Waals surface area contributed by atoms with Crippen molar-refractivity contribution in [2.75, 3.05) is 15.4 Å². The van der Waals surface area contributed by atoms with E-state index < -0.39 is 16.1 Å². The first-order chi connectivity index (χ1) is 15.5. The van der Waals surface area contributed by atoms with Crippen LogP contribution < -0.4 is 15.4 Å². The van der Waals surface area contributed by atoms with E-state index in [1.54, 1.807) is 66.9 Å². The van der Waals surface area contributed by atoms with Crippen molar-refractivity contribution in [2.24, 2.45) is 0 Å². The molecule has 3 aromatic carbocycles. The number of carbonyl (C=O) groups is 1. The maximum atomic E-state index is 12.7. The number of aromatic nitrogens is 1. The van der Waals surface area contributed by atoms with Crippen LogP contribution in [0.2, 0.25) is 0 Å². The van der Waals surface area contributed by atoms with E-state index in [0.717, 1.165) is 11.1 Å². The van der Waals surface area contributed by atoms with E-state index in [9.17, 15) is 13.2 Å². The zero-order valence-corrected chi connectivity index (χ0v) is 17.7. The van der Waals surface area contributed by atoms with Crippen LogP contribution in [0, 0.1) is 0 Å².